The molecular weight excluding hydrogens is 288 g/mol. The molecule has 4 N–H and O–H groups in total. The van der Waals surface area contributed by atoms with E-state index in [4.69, 9.17) is 17.3 Å². The largest absolute Gasteiger partial charge is 0.506 e. The lowest BCUT2D eigenvalue weighted by Gasteiger charge is -2.24. The second-order valence-corrected chi connectivity index (χ2v) is 5.77. The number of nitrogens with one attached hydrogen (secondary N) is 1. The lowest BCUT2D eigenvalue weighted by molar-refractivity contribution is -0.120. The van der Waals surface area contributed by atoms with E-state index >= 15 is 0 Å². The van der Waals surface area contributed by atoms with Crippen molar-refractivity contribution in [2.75, 3.05) is 11.1 Å². The van der Waals surface area contributed by atoms with Gasteiger partial charge in [0.15, 0.2) is 0 Å². The molecule has 0 spiro atoms. The molecule has 2 rings (SSSR count). The Morgan fingerprint density at radius 3 is 2.38 bits per heavy atom. The van der Waals surface area contributed by atoms with Crippen molar-refractivity contribution in [3.8, 4) is 5.75 Å². The topological polar surface area (TPSA) is 75.3 Å². The summed E-state index contributed by atoms with van der Waals surface area (Å²) in [6.07, 6.45) is 0. The van der Waals surface area contributed by atoms with Crippen molar-refractivity contribution in [2.45, 2.75) is 19.3 Å². The van der Waals surface area contributed by atoms with Gasteiger partial charge < -0.3 is 16.2 Å². The van der Waals surface area contributed by atoms with Crippen LogP contribution in [-0.2, 0) is 10.2 Å². The molecule has 0 fully saturated rings. The van der Waals surface area contributed by atoms with Crippen molar-refractivity contribution in [3.05, 3.63) is 53.1 Å². The van der Waals surface area contributed by atoms with Crippen LogP contribution in [0.15, 0.2) is 42.5 Å². The van der Waals surface area contributed by atoms with Gasteiger partial charge in [0.1, 0.15) is 5.75 Å². The first kappa shape index (κ1) is 15.2. The van der Waals surface area contributed by atoms with Crippen molar-refractivity contribution in [2.24, 2.45) is 0 Å². The first-order valence-corrected chi connectivity index (χ1v) is 6.84. The average Bonchev–Trinajstić information content (AvgIpc) is 2.43. The van der Waals surface area contributed by atoms with Gasteiger partial charge in [-0.15, -0.1) is 0 Å². The number of phenolic OH excluding ortho intramolecular Hbond substituents is 1. The number of amides is 1. The molecule has 2 aromatic carbocycles. The van der Waals surface area contributed by atoms with Gasteiger partial charge in [-0.25, -0.2) is 0 Å². The van der Waals surface area contributed by atoms with Crippen LogP contribution in [-0.4, -0.2) is 11.0 Å². The zero-order valence-electron chi connectivity index (χ0n) is 11.9. The van der Waals surface area contributed by atoms with Gasteiger partial charge in [0.25, 0.3) is 0 Å². The van der Waals surface area contributed by atoms with Gasteiger partial charge in [-0.1, -0.05) is 23.7 Å². The highest BCUT2D eigenvalue weighted by molar-refractivity contribution is 6.32. The minimum atomic E-state index is -0.724. The fourth-order valence-corrected chi connectivity index (χ4v) is 2.08. The number of carbonyl (C=O) groups is 1. The molecule has 0 aliphatic heterocycles. The van der Waals surface area contributed by atoms with Crippen molar-refractivity contribution in [1.29, 1.82) is 0 Å². The van der Waals surface area contributed by atoms with E-state index in [0.717, 1.165) is 5.56 Å². The predicted octanol–water partition coefficient (Wildman–Crippen LogP) is 3.54. The molecule has 4 nitrogen and oxygen atoms in total. The summed E-state index contributed by atoms with van der Waals surface area (Å²) < 4.78 is 0. The number of rotatable bonds is 3. The molecule has 21 heavy (non-hydrogen) atoms. The maximum Gasteiger partial charge on any atom is 0.234 e. The van der Waals surface area contributed by atoms with Crippen molar-refractivity contribution >= 4 is 28.9 Å². The highest BCUT2D eigenvalue weighted by atomic mass is 35.5. The summed E-state index contributed by atoms with van der Waals surface area (Å²) in [7, 11) is 0. The van der Waals surface area contributed by atoms with Crippen LogP contribution in [0.1, 0.15) is 19.4 Å². The molecule has 0 saturated heterocycles. The second-order valence-electron chi connectivity index (χ2n) is 5.37. The molecule has 0 heterocycles. The third kappa shape index (κ3) is 3.28. The Bertz CT molecular complexity index is 666. The van der Waals surface area contributed by atoms with E-state index in [0.29, 0.717) is 11.4 Å². The predicted molar refractivity (Wildman–Crippen MR) is 85.6 cm³/mol. The lowest BCUT2D eigenvalue weighted by Crippen LogP contribution is -2.34. The van der Waals surface area contributed by atoms with Crippen LogP contribution < -0.4 is 11.1 Å². The van der Waals surface area contributed by atoms with Crippen LogP contribution in [0.5, 0.6) is 5.75 Å². The second kappa shape index (κ2) is 5.66. The normalized spacial score (nSPS) is 11.2. The molecule has 1 amide bonds. The van der Waals surface area contributed by atoms with Crippen molar-refractivity contribution in [3.63, 3.8) is 0 Å². The van der Waals surface area contributed by atoms with E-state index < -0.39 is 5.41 Å². The summed E-state index contributed by atoms with van der Waals surface area (Å²) in [4.78, 5) is 12.5. The average molecular weight is 305 g/mol. The van der Waals surface area contributed by atoms with Crippen molar-refractivity contribution in [1.82, 2.24) is 0 Å². The Balaban J connectivity index is 2.21. The van der Waals surface area contributed by atoms with Crippen LogP contribution in [0.25, 0.3) is 0 Å². The molecule has 0 bridgehead atoms. The zero-order chi connectivity index (χ0) is 15.6. The number of phenols is 1. The first-order chi connectivity index (χ1) is 9.80. The summed E-state index contributed by atoms with van der Waals surface area (Å²) in [5, 5.41) is 12.4. The molecule has 0 radical (unpaired) electrons. The van der Waals surface area contributed by atoms with Crippen molar-refractivity contribution < 1.29 is 9.90 Å². The molecule has 0 aliphatic carbocycles. The Hall–Kier alpha value is -2.20. The Labute approximate surface area is 128 Å². The summed E-state index contributed by atoms with van der Waals surface area (Å²) in [5.74, 6) is -0.193. The van der Waals surface area contributed by atoms with Gasteiger partial charge in [-0.05, 0) is 49.7 Å². The van der Waals surface area contributed by atoms with Gasteiger partial charge >= 0.3 is 0 Å². The van der Waals surface area contributed by atoms with E-state index in [1.165, 1.54) is 12.1 Å². The third-order valence-electron chi connectivity index (χ3n) is 3.41. The number of aromatic hydroxyl groups is 1. The van der Waals surface area contributed by atoms with Gasteiger partial charge in [0.05, 0.1) is 10.4 Å². The number of hydrogen-bond donors (Lipinski definition) is 3. The maximum atomic E-state index is 12.5. The standard InChI is InChI=1S/C16H17ClN2O2/c1-16(2,10-3-5-11(18)6-4-10)15(21)19-12-7-8-14(20)13(17)9-12/h3-9,20H,18H2,1-2H3,(H,19,21). The minimum Gasteiger partial charge on any atom is -0.506 e. The number of anilines is 2. The molecule has 0 aromatic heterocycles. The van der Waals surface area contributed by atoms with E-state index in [9.17, 15) is 9.90 Å². The van der Waals surface area contributed by atoms with Gasteiger partial charge in [-0.2, -0.15) is 0 Å². The van der Waals surface area contributed by atoms with E-state index in [1.807, 2.05) is 26.0 Å². The van der Waals surface area contributed by atoms with Crippen LogP contribution in [0.2, 0.25) is 5.02 Å². The number of benzene rings is 2. The quantitative estimate of drug-likeness (QED) is 0.599. The maximum absolute atomic E-state index is 12.5. The fourth-order valence-electron chi connectivity index (χ4n) is 1.90. The third-order valence-corrected chi connectivity index (χ3v) is 3.71. The van der Waals surface area contributed by atoms with E-state index in [2.05, 4.69) is 5.32 Å². The molecule has 2 aromatic rings. The molecular formula is C16H17ClN2O2. The Morgan fingerprint density at radius 1 is 1.19 bits per heavy atom. The highest BCUT2D eigenvalue weighted by Crippen LogP contribution is 2.29. The summed E-state index contributed by atoms with van der Waals surface area (Å²) >= 11 is 5.83. The number of hydrogen-bond acceptors (Lipinski definition) is 3. The summed E-state index contributed by atoms with van der Waals surface area (Å²) in [6, 6.07) is 11.7. The minimum absolute atomic E-state index is 0.0209. The highest BCUT2D eigenvalue weighted by Gasteiger charge is 2.29. The molecule has 0 atom stereocenters. The fraction of sp³-hybridized carbons (Fsp3) is 0.188. The number of carbonyl (C=O) groups excluding carboxylic acids is 1. The van der Waals surface area contributed by atoms with Crippen LogP contribution >= 0.6 is 11.6 Å². The van der Waals surface area contributed by atoms with Crippen LogP contribution in [0, 0.1) is 0 Å². The molecule has 5 heteroatoms. The smallest absolute Gasteiger partial charge is 0.234 e. The molecule has 0 saturated carbocycles. The molecule has 0 unspecified atom stereocenters. The first-order valence-electron chi connectivity index (χ1n) is 6.46. The summed E-state index contributed by atoms with van der Waals surface area (Å²) in [5.41, 5.74) is 6.98. The SMILES string of the molecule is CC(C)(C(=O)Nc1ccc(O)c(Cl)c1)c1ccc(N)cc1. The van der Waals surface area contributed by atoms with Gasteiger partial charge in [0, 0.05) is 11.4 Å². The van der Waals surface area contributed by atoms with Gasteiger partial charge in [0.2, 0.25) is 5.91 Å². The Kier molecular flexibility index (Phi) is 4.09. The van der Waals surface area contributed by atoms with Crippen LogP contribution in [0.4, 0.5) is 11.4 Å². The summed E-state index contributed by atoms with van der Waals surface area (Å²) in [6.45, 7) is 3.66. The van der Waals surface area contributed by atoms with E-state index in [1.54, 1.807) is 18.2 Å². The number of nitrogens with two attached hydrogens (primary N) is 1. The van der Waals surface area contributed by atoms with Gasteiger partial charge in [-0.3, -0.25) is 4.79 Å². The molecule has 0 aliphatic rings. The van der Waals surface area contributed by atoms with E-state index in [-0.39, 0.29) is 16.7 Å². The lowest BCUT2D eigenvalue weighted by atomic mass is 9.83. The number of nitrogen functional groups attached to an aromatic ring is 1. The Morgan fingerprint density at radius 2 is 1.81 bits per heavy atom. The monoisotopic (exact) mass is 304 g/mol. The zero-order valence-corrected chi connectivity index (χ0v) is 12.6. The van der Waals surface area contributed by atoms with Crippen LogP contribution in [0.3, 0.4) is 0 Å². The number of halogens is 1. The molecule has 110 valence electrons.